The largest absolute Gasteiger partial charge is 0.507 e. The zero-order valence-electron chi connectivity index (χ0n) is 14.1. The third kappa shape index (κ3) is 4.00. The molecular formula is C18H22N2O3. The smallest absolute Gasteiger partial charge is 0.143 e. The maximum atomic E-state index is 10.3. The van der Waals surface area contributed by atoms with E-state index in [1.807, 2.05) is 40.7 Å². The van der Waals surface area contributed by atoms with Crippen LogP contribution in [0.25, 0.3) is 0 Å². The van der Waals surface area contributed by atoms with Gasteiger partial charge in [0.05, 0.1) is 0 Å². The Bertz CT molecular complexity index is 746. The average Bonchev–Trinajstić information content (AvgIpc) is 2.45. The first kappa shape index (κ1) is 16.8. The van der Waals surface area contributed by atoms with E-state index in [-0.39, 0.29) is 17.2 Å². The average molecular weight is 314 g/mol. The highest BCUT2D eigenvalue weighted by atomic mass is 16.6. The van der Waals surface area contributed by atoms with Crippen molar-refractivity contribution in [3.8, 4) is 11.5 Å². The Hall–Kier alpha value is -2.56. The van der Waals surface area contributed by atoms with Crippen LogP contribution in [0.5, 0.6) is 11.5 Å². The predicted octanol–water partition coefficient (Wildman–Crippen LogP) is 3.68. The van der Waals surface area contributed by atoms with Crippen molar-refractivity contribution in [2.24, 2.45) is 5.16 Å². The van der Waals surface area contributed by atoms with Crippen LogP contribution < -0.4 is 0 Å². The Labute approximate surface area is 136 Å². The molecule has 0 fully saturated rings. The molecule has 0 aliphatic heterocycles. The third-order valence-electron chi connectivity index (χ3n) is 3.29. The van der Waals surface area contributed by atoms with Crippen molar-refractivity contribution >= 4 is 5.71 Å². The molecule has 0 amide bonds. The van der Waals surface area contributed by atoms with Crippen LogP contribution in [0, 0.1) is 13.8 Å². The van der Waals surface area contributed by atoms with Crippen molar-refractivity contribution in [2.75, 3.05) is 0 Å². The Morgan fingerprint density at radius 1 is 1.09 bits per heavy atom. The summed E-state index contributed by atoms with van der Waals surface area (Å²) in [4.78, 5) is 9.68. The highest BCUT2D eigenvalue weighted by Gasteiger charge is 2.20. The lowest BCUT2D eigenvalue weighted by Gasteiger charge is -2.18. The van der Waals surface area contributed by atoms with Crippen LogP contribution in [-0.2, 0) is 4.84 Å². The van der Waals surface area contributed by atoms with E-state index in [2.05, 4.69) is 10.1 Å². The van der Waals surface area contributed by atoms with Gasteiger partial charge in [-0.15, -0.1) is 0 Å². The van der Waals surface area contributed by atoms with Gasteiger partial charge in [0.1, 0.15) is 28.5 Å². The molecule has 23 heavy (non-hydrogen) atoms. The van der Waals surface area contributed by atoms with E-state index in [0.29, 0.717) is 11.3 Å². The number of phenolic OH excluding ortho intramolecular Hbond substituents is 1. The first-order chi connectivity index (χ1) is 10.7. The summed E-state index contributed by atoms with van der Waals surface area (Å²) in [5.41, 5.74) is 2.47. The van der Waals surface area contributed by atoms with Gasteiger partial charge in [-0.1, -0.05) is 5.16 Å². The van der Waals surface area contributed by atoms with E-state index >= 15 is 0 Å². The summed E-state index contributed by atoms with van der Waals surface area (Å²) in [6, 6.07) is 6.62. The molecule has 0 bridgehead atoms. The van der Waals surface area contributed by atoms with Gasteiger partial charge in [-0.25, -0.2) is 0 Å². The first-order valence-electron chi connectivity index (χ1n) is 7.40. The van der Waals surface area contributed by atoms with Crippen LogP contribution in [0.4, 0.5) is 0 Å². The fourth-order valence-electron chi connectivity index (χ4n) is 1.97. The van der Waals surface area contributed by atoms with Crippen molar-refractivity contribution < 1.29 is 15.1 Å². The van der Waals surface area contributed by atoms with Gasteiger partial charge in [-0.05, 0) is 70.0 Å². The van der Waals surface area contributed by atoms with Crippen LogP contribution in [0.2, 0.25) is 0 Å². The zero-order valence-corrected chi connectivity index (χ0v) is 14.1. The lowest BCUT2D eigenvalue weighted by Crippen LogP contribution is -2.18. The van der Waals surface area contributed by atoms with Gasteiger partial charge in [0, 0.05) is 11.8 Å². The van der Waals surface area contributed by atoms with E-state index in [1.165, 1.54) is 6.07 Å². The van der Waals surface area contributed by atoms with Crippen LogP contribution in [0.15, 0.2) is 35.6 Å². The first-order valence-corrected chi connectivity index (χ1v) is 7.40. The van der Waals surface area contributed by atoms with Crippen molar-refractivity contribution in [2.45, 2.75) is 40.2 Å². The van der Waals surface area contributed by atoms with E-state index in [9.17, 15) is 10.2 Å². The second-order valence-corrected chi connectivity index (χ2v) is 6.47. The lowest BCUT2D eigenvalue weighted by atomic mass is 9.99. The number of pyridine rings is 1. The summed E-state index contributed by atoms with van der Waals surface area (Å²) in [7, 11) is 0. The molecule has 5 nitrogen and oxygen atoms in total. The van der Waals surface area contributed by atoms with Crippen molar-refractivity contribution in [3.63, 3.8) is 0 Å². The molecule has 0 saturated carbocycles. The predicted molar refractivity (Wildman–Crippen MR) is 90.0 cm³/mol. The zero-order chi connectivity index (χ0) is 17.2. The van der Waals surface area contributed by atoms with Gasteiger partial charge >= 0.3 is 0 Å². The number of rotatable bonds is 3. The molecule has 2 rings (SSSR count). The molecule has 0 aliphatic rings. The van der Waals surface area contributed by atoms with Gasteiger partial charge in [0.25, 0.3) is 0 Å². The van der Waals surface area contributed by atoms with Gasteiger partial charge in [0.15, 0.2) is 0 Å². The van der Waals surface area contributed by atoms with Gasteiger partial charge < -0.3 is 15.1 Å². The van der Waals surface area contributed by atoms with E-state index < -0.39 is 5.60 Å². The summed E-state index contributed by atoms with van der Waals surface area (Å²) < 4.78 is 0. The molecule has 0 saturated heterocycles. The van der Waals surface area contributed by atoms with E-state index in [0.717, 1.165) is 11.1 Å². The SMILES string of the molecule is Cc1cc(O)c(/C(=N/OC(C)(C)C)c2ncccc2O)cc1C. The third-order valence-corrected chi connectivity index (χ3v) is 3.29. The molecule has 1 aromatic carbocycles. The second-order valence-electron chi connectivity index (χ2n) is 6.47. The minimum absolute atomic E-state index is 0.0265. The molecule has 122 valence electrons. The van der Waals surface area contributed by atoms with Gasteiger partial charge in [-0.3, -0.25) is 4.98 Å². The summed E-state index contributed by atoms with van der Waals surface area (Å²) in [6.45, 7) is 9.46. The molecule has 0 spiro atoms. The van der Waals surface area contributed by atoms with Crippen LogP contribution >= 0.6 is 0 Å². The normalized spacial score (nSPS) is 12.3. The Balaban J connectivity index is 2.64. The molecular weight excluding hydrogens is 292 g/mol. The van der Waals surface area contributed by atoms with Crippen molar-refractivity contribution in [1.82, 2.24) is 4.98 Å². The molecule has 1 aromatic heterocycles. The Morgan fingerprint density at radius 2 is 1.74 bits per heavy atom. The van der Waals surface area contributed by atoms with E-state index in [4.69, 9.17) is 4.84 Å². The second kappa shape index (κ2) is 6.28. The molecule has 2 N–H and O–H groups in total. The number of aromatic nitrogens is 1. The molecule has 5 heteroatoms. The van der Waals surface area contributed by atoms with Crippen LogP contribution in [0.1, 0.15) is 43.2 Å². The quantitative estimate of drug-likeness (QED) is 0.669. The number of phenols is 1. The summed E-state index contributed by atoms with van der Waals surface area (Å²) in [5.74, 6) is 0.0378. The molecule has 0 aliphatic carbocycles. The number of benzene rings is 1. The Morgan fingerprint density at radius 3 is 2.35 bits per heavy atom. The maximum absolute atomic E-state index is 10.3. The fraction of sp³-hybridized carbons (Fsp3) is 0.333. The summed E-state index contributed by atoms with van der Waals surface area (Å²) in [5, 5.41) is 24.6. The maximum Gasteiger partial charge on any atom is 0.143 e. The van der Waals surface area contributed by atoms with Crippen molar-refractivity contribution in [3.05, 3.63) is 52.8 Å². The lowest BCUT2D eigenvalue weighted by molar-refractivity contribution is 0.00109. The summed E-state index contributed by atoms with van der Waals surface area (Å²) >= 11 is 0. The number of aryl methyl sites for hydroxylation is 2. The van der Waals surface area contributed by atoms with E-state index in [1.54, 1.807) is 18.3 Å². The number of hydrogen-bond acceptors (Lipinski definition) is 5. The highest BCUT2D eigenvalue weighted by Crippen LogP contribution is 2.28. The molecule has 0 unspecified atom stereocenters. The number of nitrogens with zero attached hydrogens (tertiary/aromatic N) is 2. The van der Waals surface area contributed by atoms with Crippen LogP contribution in [0.3, 0.4) is 0 Å². The summed E-state index contributed by atoms with van der Waals surface area (Å²) in [6.07, 6.45) is 1.56. The van der Waals surface area contributed by atoms with Crippen molar-refractivity contribution in [1.29, 1.82) is 0 Å². The molecule has 1 heterocycles. The monoisotopic (exact) mass is 314 g/mol. The number of oxime groups is 1. The highest BCUT2D eigenvalue weighted by molar-refractivity contribution is 6.14. The number of hydrogen-bond donors (Lipinski definition) is 2. The minimum Gasteiger partial charge on any atom is -0.507 e. The van der Waals surface area contributed by atoms with Gasteiger partial charge in [-0.2, -0.15) is 0 Å². The van der Waals surface area contributed by atoms with Crippen LogP contribution in [-0.4, -0.2) is 26.5 Å². The van der Waals surface area contributed by atoms with Gasteiger partial charge in [0.2, 0.25) is 0 Å². The molecule has 0 atom stereocenters. The molecule has 0 radical (unpaired) electrons. The minimum atomic E-state index is -0.509. The topological polar surface area (TPSA) is 74.9 Å². The fourth-order valence-corrected chi connectivity index (χ4v) is 1.97. The standard InChI is InChI=1S/C18H22N2O3/c1-11-9-13(15(22)10-12(11)2)16(20-23-18(3,4)5)17-14(21)7-6-8-19-17/h6-10,21-22H,1-5H3/b20-16-. The molecule has 2 aromatic rings. The Kier molecular flexibility index (Phi) is 4.59. The number of aromatic hydroxyl groups is 2.